The van der Waals surface area contributed by atoms with Gasteiger partial charge in [0.15, 0.2) is 0 Å². The molecule has 1 aromatic heterocycles. The Morgan fingerprint density at radius 2 is 2.14 bits per heavy atom. The van der Waals surface area contributed by atoms with Crippen LogP contribution in [0.15, 0.2) is 12.4 Å². The van der Waals surface area contributed by atoms with Gasteiger partial charge in [-0.25, -0.2) is 9.97 Å². The van der Waals surface area contributed by atoms with Gasteiger partial charge in [0.25, 0.3) is 0 Å². The molecule has 0 spiro atoms. The number of hydrogen-bond donors (Lipinski definition) is 2. The van der Waals surface area contributed by atoms with E-state index in [0.717, 1.165) is 18.2 Å². The van der Waals surface area contributed by atoms with Crippen LogP contribution in [-0.4, -0.2) is 22.6 Å². The Bertz CT molecular complexity index is 296. The summed E-state index contributed by atoms with van der Waals surface area (Å²) >= 11 is 0. The van der Waals surface area contributed by atoms with E-state index in [4.69, 9.17) is 0 Å². The predicted molar refractivity (Wildman–Crippen MR) is 57.5 cm³/mol. The standard InChI is InChI=1S/C10H16N4/c1-2-11-9-6-10(13-7-12-9)14-8-4-3-5-8/h6-8H,2-5H2,1H3,(H2,11,12,13,14). The molecule has 0 unspecified atom stereocenters. The second-order valence-electron chi connectivity index (χ2n) is 3.59. The summed E-state index contributed by atoms with van der Waals surface area (Å²) in [6.45, 7) is 2.95. The van der Waals surface area contributed by atoms with Crippen LogP contribution in [0.4, 0.5) is 11.6 Å². The van der Waals surface area contributed by atoms with E-state index in [-0.39, 0.29) is 0 Å². The molecule has 0 saturated heterocycles. The van der Waals surface area contributed by atoms with E-state index in [9.17, 15) is 0 Å². The minimum absolute atomic E-state index is 0.624. The number of aromatic nitrogens is 2. The van der Waals surface area contributed by atoms with Crippen LogP contribution in [-0.2, 0) is 0 Å². The Hall–Kier alpha value is -1.32. The molecule has 2 rings (SSSR count). The summed E-state index contributed by atoms with van der Waals surface area (Å²) in [6.07, 6.45) is 5.46. The average Bonchev–Trinajstić information content (AvgIpc) is 2.13. The van der Waals surface area contributed by atoms with Gasteiger partial charge in [-0.2, -0.15) is 0 Å². The number of rotatable bonds is 4. The summed E-state index contributed by atoms with van der Waals surface area (Å²) in [5.41, 5.74) is 0. The molecule has 4 heteroatoms. The smallest absolute Gasteiger partial charge is 0.131 e. The molecule has 0 amide bonds. The van der Waals surface area contributed by atoms with Crippen LogP contribution < -0.4 is 10.6 Å². The van der Waals surface area contributed by atoms with Crippen molar-refractivity contribution in [1.82, 2.24) is 9.97 Å². The van der Waals surface area contributed by atoms with E-state index in [1.807, 2.05) is 6.07 Å². The lowest BCUT2D eigenvalue weighted by Gasteiger charge is -2.26. The first-order chi connectivity index (χ1) is 6.88. The topological polar surface area (TPSA) is 49.8 Å². The number of anilines is 2. The van der Waals surface area contributed by atoms with Crippen LogP contribution in [0.2, 0.25) is 0 Å². The Labute approximate surface area is 84.2 Å². The zero-order valence-corrected chi connectivity index (χ0v) is 8.45. The normalized spacial score (nSPS) is 16.1. The highest BCUT2D eigenvalue weighted by molar-refractivity contribution is 5.47. The van der Waals surface area contributed by atoms with Gasteiger partial charge >= 0.3 is 0 Å². The maximum atomic E-state index is 4.18. The largest absolute Gasteiger partial charge is 0.370 e. The summed E-state index contributed by atoms with van der Waals surface area (Å²) in [6, 6.07) is 2.58. The molecule has 4 nitrogen and oxygen atoms in total. The van der Waals surface area contributed by atoms with Crippen molar-refractivity contribution in [2.24, 2.45) is 0 Å². The van der Waals surface area contributed by atoms with Crippen LogP contribution in [0.1, 0.15) is 26.2 Å². The van der Waals surface area contributed by atoms with Crippen molar-refractivity contribution in [1.29, 1.82) is 0 Å². The number of nitrogens with zero attached hydrogens (tertiary/aromatic N) is 2. The molecule has 1 heterocycles. The lowest BCUT2D eigenvalue weighted by atomic mass is 9.93. The van der Waals surface area contributed by atoms with E-state index in [2.05, 4.69) is 27.5 Å². The summed E-state index contributed by atoms with van der Waals surface area (Å²) < 4.78 is 0. The van der Waals surface area contributed by atoms with Gasteiger partial charge in [-0.15, -0.1) is 0 Å². The fourth-order valence-corrected chi connectivity index (χ4v) is 1.48. The highest BCUT2D eigenvalue weighted by Gasteiger charge is 2.17. The molecule has 1 aromatic rings. The molecule has 2 N–H and O–H groups in total. The van der Waals surface area contributed by atoms with Crippen LogP contribution in [0.5, 0.6) is 0 Å². The molecule has 1 saturated carbocycles. The van der Waals surface area contributed by atoms with Crippen molar-refractivity contribution in [2.75, 3.05) is 17.2 Å². The third kappa shape index (κ3) is 2.13. The van der Waals surface area contributed by atoms with E-state index in [0.29, 0.717) is 6.04 Å². The highest BCUT2D eigenvalue weighted by atomic mass is 15.1. The summed E-state index contributed by atoms with van der Waals surface area (Å²) in [4.78, 5) is 8.30. The van der Waals surface area contributed by atoms with Crippen LogP contribution >= 0.6 is 0 Å². The maximum absolute atomic E-state index is 4.18. The van der Waals surface area contributed by atoms with Gasteiger partial charge in [0.05, 0.1) is 0 Å². The second-order valence-corrected chi connectivity index (χ2v) is 3.59. The molecule has 1 aliphatic carbocycles. The average molecular weight is 192 g/mol. The lowest BCUT2D eigenvalue weighted by molar-refractivity contribution is 0.444. The van der Waals surface area contributed by atoms with E-state index < -0.39 is 0 Å². The van der Waals surface area contributed by atoms with Crippen LogP contribution in [0, 0.1) is 0 Å². The van der Waals surface area contributed by atoms with Crippen molar-refractivity contribution in [3.63, 3.8) is 0 Å². The van der Waals surface area contributed by atoms with E-state index in [1.54, 1.807) is 6.33 Å². The first kappa shape index (κ1) is 9.24. The first-order valence-corrected chi connectivity index (χ1v) is 5.21. The fourth-order valence-electron chi connectivity index (χ4n) is 1.48. The lowest BCUT2D eigenvalue weighted by Crippen LogP contribution is -2.27. The van der Waals surface area contributed by atoms with Crippen molar-refractivity contribution >= 4 is 11.6 Å². The zero-order chi connectivity index (χ0) is 9.80. The van der Waals surface area contributed by atoms with Gasteiger partial charge in [-0.05, 0) is 26.2 Å². The molecule has 76 valence electrons. The zero-order valence-electron chi connectivity index (χ0n) is 8.45. The van der Waals surface area contributed by atoms with Crippen LogP contribution in [0.3, 0.4) is 0 Å². The van der Waals surface area contributed by atoms with Gasteiger partial charge in [-0.1, -0.05) is 0 Å². The van der Waals surface area contributed by atoms with Crippen molar-refractivity contribution in [2.45, 2.75) is 32.2 Å². The number of hydrogen-bond acceptors (Lipinski definition) is 4. The Morgan fingerprint density at radius 3 is 2.79 bits per heavy atom. The van der Waals surface area contributed by atoms with Crippen molar-refractivity contribution in [3.8, 4) is 0 Å². The third-order valence-electron chi connectivity index (χ3n) is 2.48. The minimum atomic E-state index is 0.624. The first-order valence-electron chi connectivity index (χ1n) is 5.21. The van der Waals surface area contributed by atoms with Gasteiger partial charge in [-0.3, -0.25) is 0 Å². The Kier molecular flexibility index (Phi) is 2.81. The quantitative estimate of drug-likeness (QED) is 0.764. The van der Waals surface area contributed by atoms with E-state index in [1.165, 1.54) is 19.3 Å². The summed E-state index contributed by atoms with van der Waals surface area (Å²) in [5.74, 6) is 1.82. The monoisotopic (exact) mass is 192 g/mol. The van der Waals surface area contributed by atoms with Crippen molar-refractivity contribution in [3.05, 3.63) is 12.4 Å². The SMILES string of the molecule is CCNc1cc(NC2CCC2)ncn1. The predicted octanol–water partition coefficient (Wildman–Crippen LogP) is 1.87. The minimum Gasteiger partial charge on any atom is -0.370 e. The Morgan fingerprint density at radius 1 is 1.36 bits per heavy atom. The molecular formula is C10H16N4. The summed E-state index contributed by atoms with van der Waals surface area (Å²) in [7, 11) is 0. The third-order valence-corrected chi connectivity index (χ3v) is 2.48. The van der Waals surface area contributed by atoms with Gasteiger partial charge in [0, 0.05) is 18.7 Å². The maximum Gasteiger partial charge on any atom is 0.131 e. The van der Waals surface area contributed by atoms with Crippen molar-refractivity contribution < 1.29 is 0 Å². The second kappa shape index (κ2) is 4.26. The van der Waals surface area contributed by atoms with Gasteiger partial charge in [0.1, 0.15) is 18.0 Å². The molecule has 0 radical (unpaired) electrons. The van der Waals surface area contributed by atoms with Gasteiger partial charge in [0.2, 0.25) is 0 Å². The Balaban J connectivity index is 1.97. The van der Waals surface area contributed by atoms with E-state index >= 15 is 0 Å². The molecule has 1 aliphatic rings. The molecule has 0 aromatic carbocycles. The molecule has 14 heavy (non-hydrogen) atoms. The van der Waals surface area contributed by atoms with Gasteiger partial charge < -0.3 is 10.6 Å². The molecule has 1 fully saturated rings. The number of nitrogens with one attached hydrogen (secondary N) is 2. The summed E-state index contributed by atoms with van der Waals surface area (Å²) in [5, 5.41) is 6.55. The highest BCUT2D eigenvalue weighted by Crippen LogP contribution is 2.22. The van der Waals surface area contributed by atoms with Crippen LogP contribution in [0.25, 0.3) is 0 Å². The fraction of sp³-hybridized carbons (Fsp3) is 0.600. The molecule has 0 bridgehead atoms. The molecular weight excluding hydrogens is 176 g/mol. The molecule has 0 atom stereocenters. The molecule has 0 aliphatic heterocycles.